The number of nitro groups is 1. The highest BCUT2D eigenvalue weighted by Crippen LogP contribution is 2.27. The summed E-state index contributed by atoms with van der Waals surface area (Å²) in [5.41, 5.74) is 2.02. The number of amides is 1. The van der Waals surface area contributed by atoms with Crippen molar-refractivity contribution in [3.8, 4) is 0 Å². The van der Waals surface area contributed by atoms with E-state index in [1.54, 1.807) is 21.6 Å². The second-order valence-corrected chi connectivity index (χ2v) is 6.09. The molecular formula is C16H15ClN6O3. The molecule has 0 fully saturated rings. The Morgan fingerprint density at radius 2 is 2.04 bits per heavy atom. The fourth-order valence-electron chi connectivity index (χ4n) is 2.43. The van der Waals surface area contributed by atoms with Gasteiger partial charge in [0.15, 0.2) is 5.69 Å². The van der Waals surface area contributed by atoms with Crippen LogP contribution in [0.15, 0.2) is 36.5 Å². The number of hydrogen-bond acceptors (Lipinski definition) is 5. The van der Waals surface area contributed by atoms with Gasteiger partial charge in [-0.3, -0.25) is 19.6 Å². The van der Waals surface area contributed by atoms with Crippen LogP contribution in [0, 0.1) is 24.0 Å². The first-order valence-corrected chi connectivity index (χ1v) is 8.01. The number of nitro benzene ring substituents is 1. The van der Waals surface area contributed by atoms with Crippen LogP contribution in [0.5, 0.6) is 0 Å². The van der Waals surface area contributed by atoms with Gasteiger partial charge in [0.25, 0.3) is 11.6 Å². The van der Waals surface area contributed by atoms with Gasteiger partial charge in [0, 0.05) is 24.0 Å². The number of benzene rings is 1. The van der Waals surface area contributed by atoms with Crippen molar-refractivity contribution in [2.24, 2.45) is 0 Å². The van der Waals surface area contributed by atoms with E-state index in [4.69, 9.17) is 11.6 Å². The third kappa shape index (κ3) is 3.72. The molecule has 0 bridgehead atoms. The van der Waals surface area contributed by atoms with E-state index in [9.17, 15) is 14.9 Å². The number of hydrogen-bond donors (Lipinski definition) is 1. The molecule has 0 spiro atoms. The molecule has 0 saturated heterocycles. The summed E-state index contributed by atoms with van der Waals surface area (Å²) in [6.07, 6.45) is 1.65. The normalized spacial score (nSPS) is 10.7. The molecule has 26 heavy (non-hydrogen) atoms. The first kappa shape index (κ1) is 17.6. The van der Waals surface area contributed by atoms with Gasteiger partial charge in [-0.2, -0.15) is 10.2 Å². The number of anilines is 1. The van der Waals surface area contributed by atoms with Crippen LogP contribution in [-0.4, -0.2) is 30.4 Å². The van der Waals surface area contributed by atoms with E-state index in [0.29, 0.717) is 6.67 Å². The van der Waals surface area contributed by atoms with Crippen molar-refractivity contribution in [3.05, 3.63) is 68.7 Å². The van der Waals surface area contributed by atoms with E-state index in [1.165, 1.54) is 18.2 Å². The lowest BCUT2D eigenvalue weighted by Crippen LogP contribution is -2.16. The van der Waals surface area contributed by atoms with Crippen molar-refractivity contribution in [3.63, 3.8) is 0 Å². The standard InChI is InChI=1S/C16H15ClN6O3/c1-10-7-11(2)22(19-10)9-21-6-5-14(20-21)16(24)18-15-8-12(23(25)26)3-4-13(15)17/h3-8H,9H2,1-2H3,(H,18,24). The summed E-state index contributed by atoms with van der Waals surface area (Å²) in [5, 5.41) is 22.1. The molecule has 0 saturated carbocycles. The van der Waals surface area contributed by atoms with Gasteiger partial charge in [-0.05, 0) is 32.0 Å². The Kier molecular flexibility index (Phi) is 4.72. The number of aryl methyl sites for hydroxylation is 2. The van der Waals surface area contributed by atoms with Crippen LogP contribution in [0.3, 0.4) is 0 Å². The molecular weight excluding hydrogens is 360 g/mol. The zero-order chi connectivity index (χ0) is 18.8. The molecule has 2 aromatic heterocycles. The molecule has 10 heteroatoms. The summed E-state index contributed by atoms with van der Waals surface area (Å²) in [6, 6.07) is 7.32. The minimum atomic E-state index is -0.560. The largest absolute Gasteiger partial charge is 0.319 e. The Labute approximate surface area is 153 Å². The van der Waals surface area contributed by atoms with Gasteiger partial charge in [-0.1, -0.05) is 11.6 Å². The summed E-state index contributed by atoms with van der Waals surface area (Å²) in [4.78, 5) is 22.6. The van der Waals surface area contributed by atoms with E-state index in [2.05, 4.69) is 15.5 Å². The number of rotatable bonds is 5. The van der Waals surface area contributed by atoms with Gasteiger partial charge >= 0.3 is 0 Å². The molecule has 0 aliphatic heterocycles. The number of non-ortho nitro benzene ring substituents is 1. The third-order valence-corrected chi connectivity index (χ3v) is 3.99. The number of carbonyl (C=O) groups excluding carboxylic acids is 1. The lowest BCUT2D eigenvalue weighted by molar-refractivity contribution is -0.384. The SMILES string of the molecule is Cc1cc(C)n(Cn2ccc(C(=O)Nc3cc([N+](=O)[O-])ccc3Cl)n2)n1. The summed E-state index contributed by atoms with van der Waals surface area (Å²) in [6.45, 7) is 4.19. The average Bonchev–Trinajstić information content (AvgIpc) is 3.16. The van der Waals surface area contributed by atoms with Crippen LogP contribution in [0.25, 0.3) is 0 Å². The maximum Gasteiger partial charge on any atom is 0.276 e. The van der Waals surface area contributed by atoms with Gasteiger partial charge in [0.1, 0.15) is 6.67 Å². The molecule has 0 unspecified atom stereocenters. The van der Waals surface area contributed by atoms with Crippen molar-refractivity contribution in [1.29, 1.82) is 0 Å². The van der Waals surface area contributed by atoms with Crippen LogP contribution in [0.2, 0.25) is 5.02 Å². The van der Waals surface area contributed by atoms with Gasteiger partial charge in [-0.15, -0.1) is 0 Å². The smallest absolute Gasteiger partial charge is 0.276 e. The molecule has 1 amide bonds. The van der Waals surface area contributed by atoms with E-state index >= 15 is 0 Å². The van der Waals surface area contributed by atoms with Crippen molar-refractivity contribution >= 4 is 28.9 Å². The highest BCUT2D eigenvalue weighted by atomic mass is 35.5. The average molecular weight is 375 g/mol. The molecule has 9 nitrogen and oxygen atoms in total. The maximum atomic E-state index is 12.3. The van der Waals surface area contributed by atoms with Crippen molar-refractivity contribution in [1.82, 2.24) is 19.6 Å². The van der Waals surface area contributed by atoms with Crippen molar-refractivity contribution in [2.45, 2.75) is 20.5 Å². The minimum absolute atomic E-state index is 0.152. The quantitative estimate of drug-likeness (QED) is 0.545. The lowest BCUT2D eigenvalue weighted by Gasteiger charge is -2.06. The highest BCUT2D eigenvalue weighted by molar-refractivity contribution is 6.34. The van der Waals surface area contributed by atoms with Crippen LogP contribution in [0.4, 0.5) is 11.4 Å². The van der Waals surface area contributed by atoms with Gasteiger partial charge in [0.2, 0.25) is 0 Å². The van der Waals surface area contributed by atoms with Gasteiger partial charge < -0.3 is 5.32 Å². The monoisotopic (exact) mass is 374 g/mol. The lowest BCUT2D eigenvalue weighted by atomic mass is 10.2. The van der Waals surface area contributed by atoms with Crippen LogP contribution >= 0.6 is 11.6 Å². The first-order chi connectivity index (χ1) is 12.3. The number of nitrogens with one attached hydrogen (secondary N) is 1. The van der Waals surface area contributed by atoms with Crippen LogP contribution < -0.4 is 5.32 Å². The summed E-state index contributed by atoms with van der Waals surface area (Å²) < 4.78 is 3.34. The predicted octanol–water partition coefficient (Wildman–Crippen LogP) is 3.02. The van der Waals surface area contributed by atoms with E-state index < -0.39 is 10.8 Å². The highest BCUT2D eigenvalue weighted by Gasteiger charge is 2.15. The first-order valence-electron chi connectivity index (χ1n) is 7.63. The Morgan fingerprint density at radius 3 is 2.69 bits per heavy atom. The van der Waals surface area contributed by atoms with Gasteiger partial charge in [0.05, 0.1) is 21.3 Å². The van der Waals surface area contributed by atoms with Gasteiger partial charge in [-0.25, -0.2) is 4.68 Å². The van der Waals surface area contributed by atoms with Crippen molar-refractivity contribution < 1.29 is 9.72 Å². The van der Waals surface area contributed by atoms with Crippen LogP contribution in [0.1, 0.15) is 21.9 Å². The number of aromatic nitrogens is 4. The van der Waals surface area contributed by atoms with Crippen molar-refractivity contribution in [2.75, 3.05) is 5.32 Å². The van der Waals surface area contributed by atoms with E-state index in [0.717, 1.165) is 11.4 Å². The Bertz CT molecular complexity index is 994. The third-order valence-electron chi connectivity index (χ3n) is 3.66. The molecule has 3 aromatic rings. The fourth-order valence-corrected chi connectivity index (χ4v) is 2.59. The predicted molar refractivity (Wildman–Crippen MR) is 95.4 cm³/mol. The number of carbonyl (C=O) groups is 1. The maximum absolute atomic E-state index is 12.3. The molecule has 1 aromatic carbocycles. The zero-order valence-corrected chi connectivity index (χ0v) is 14.8. The Balaban J connectivity index is 1.75. The summed E-state index contributed by atoms with van der Waals surface area (Å²) >= 11 is 5.99. The summed E-state index contributed by atoms with van der Waals surface area (Å²) in [5.74, 6) is -0.514. The Hall–Kier alpha value is -3.20. The second-order valence-electron chi connectivity index (χ2n) is 5.68. The summed E-state index contributed by atoms with van der Waals surface area (Å²) in [7, 11) is 0. The van der Waals surface area contributed by atoms with E-state index in [-0.39, 0.29) is 22.1 Å². The topological polar surface area (TPSA) is 108 Å². The zero-order valence-electron chi connectivity index (χ0n) is 14.0. The molecule has 2 heterocycles. The molecule has 134 valence electrons. The molecule has 3 rings (SSSR count). The van der Waals surface area contributed by atoms with E-state index in [1.807, 2.05) is 19.9 Å². The number of halogens is 1. The molecule has 0 atom stereocenters. The fraction of sp³-hybridized carbons (Fsp3) is 0.188. The molecule has 0 radical (unpaired) electrons. The molecule has 1 N–H and O–H groups in total. The second kappa shape index (κ2) is 6.96. The Morgan fingerprint density at radius 1 is 1.27 bits per heavy atom. The number of nitrogens with zero attached hydrogens (tertiary/aromatic N) is 5. The molecule has 0 aliphatic carbocycles. The van der Waals surface area contributed by atoms with Crippen LogP contribution in [-0.2, 0) is 6.67 Å². The minimum Gasteiger partial charge on any atom is -0.319 e. The molecule has 0 aliphatic rings.